The molecule has 3 heterocycles. The molecule has 5 heteroatoms. The summed E-state index contributed by atoms with van der Waals surface area (Å²) < 4.78 is 1.84. The van der Waals surface area contributed by atoms with E-state index in [1.54, 1.807) is 0 Å². The van der Waals surface area contributed by atoms with Gasteiger partial charge >= 0.3 is 0 Å². The number of hydrogen-bond donors (Lipinski definition) is 1. The molecular weight excluding hydrogens is 238 g/mol. The lowest BCUT2D eigenvalue weighted by atomic mass is 10.2. The molecule has 1 N–H and O–H groups in total. The van der Waals surface area contributed by atoms with E-state index >= 15 is 0 Å². The Morgan fingerprint density at radius 3 is 3.00 bits per heavy atom. The quantitative estimate of drug-likeness (QED) is 0.895. The maximum absolute atomic E-state index is 4.51. The first-order valence-electron chi connectivity index (χ1n) is 6.83. The lowest BCUT2D eigenvalue weighted by Crippen LogP contribution is -2.30. The maximum atomic E-state index is 4.51. The minimum absolute atomic E-state index is 0.607. The highest BCUT2D eigenvalue weighted by atomic mass is 15.3. The third-order valence-electron chi connectivity index (χ3n) is 3.91. The van der Waals surface area contributed by atoms with Gasteiger partial charge in [-0.25, -0.2) is 4.98 Å². The monoisotopic (exact) mass is 259 g/mol. The zero-order valence-corrected chi connectivity index (χ0v) is 11.8. The summed E-state index contributed by atoms with van der Waals surface area (Å²) in [4.78, 5) is 6.88. The van der Waals surface area contributed by atoms with Crippen molar-refractivity contribution in [3.05, 3.63) is 23.5 Å². The summed E-state index contributed by atoms with van der Waals surface area (Å²) in [5.74, 6) is 0. The van der Waals surface area contributed by atoms with Gasteiger partial charge in [0.2, 0.25) is 0 Å². The molecule has 1 saturated heterocycles. The fourth-order valence-electron chi connectivity index (χ4n) is 2.81. The molecule has 3 rings (SSSR count). The van der Waals surface area contributed by atoms with Gasteiger partial charge in [-0.15, -0.1) is 0 Å². The Bertz CT molecular complexity index is 589. The standard InChI is InChI=1S/C14H21N5/c1-10-13-6-11(8-16-14(13)19(3)17-10)7-15-12-4-5-18(2)9-12/h6,8,12,15H,4-5,7,9H2,1-3H3/t12-/m1/s1. The SMILES string of the molecule is Cc1nn(C)c2ncc(CN[C@@H]3CCN(C)C3)cc12. The Morgan fingerprint density at radius 2 is 2.26 bits per heavy atom. The molecule has 2 aromatic rings. The van der Waals surface area contributed by atoms with Crippen LogP contribution in [-0.2, 0) is 13.6 Å². The molecule has 0 radical (unpaired) electrons. The predicted octanol–water partition coefficient (Wildman–Crippen LogP) is 1.07. The van der Waals surface area contributed by atoms with Crippen molar-refractivity contribution >= 4 is 11.0 Å². The van der Waals surface area contributed by atoms with E-state index in [1.807, 2.05) is 24.9 Å². The van der Waals surface area contributed by atoms with E-state index in [9.17, 15) is 0 Å². The number of likely N-dealkylation sites (tertiary alicyclic amines) is 1. The van der Waals surface area contributed by atoms with E-state index in [1.165, 1.54) is 18.5 Å². The van der Waals surface area contributed by atoms with Crippen molar-refractivity contribution in [1.82, 2.24) is 25.0 Å². The van der Waals surface area contributed by atoms with Crippen LogP contribution in [0.3, 0.4) is 0 Å². The first-order valence-corrected chi connectivity index (χ1v) is 6.83. The van der Waals surface area contributed by atoms with Crippen LogP contribution < -0.4 is 5.32 Å². The van der Waals surface area contributed by atoms with Gasteiger partial charge in [0, 0.05) is 37.8 Å². The number of rotatable bonds is 3. The van der Waals surface area contributed by atoms with E-state index in [0.29, 0.717) is 6.04 Å². The van der Waals surface area contributed by atoms with Crippen LogP contribution in [0.2, 0.25) is 0 Å². The Kier molecular flexibility index (Phi) is 3.24. The van der Waals surface area contributed by atoms with Crippen molar-refractivity contribution < 1.29 is 0 Å². The molecule has 5 nitrogen and oxygen atoms in total. The van der Waals surface area contributed by atoms with Gasteiger partial charge in [-0.3, -0.25) is 4.68 Å². The number of hydrogen-bond acceptors (Lipinski definition) is 4. The lowest BCUT2D eigenvalue weighted by molar-refractivity contribution is 0.397. The molecule has 102 valence electrons. The van der Waals surface area contributed by atoms with Gasteiger partial charge in [0.1, 0.15) is 0 Å². The summed E-state index contributed by atoms with van der Waals surface area (Å²) >= 11 is 0. The van der Waals surface area contributed by atoms with E-state index in [4.69, 9.17) is 0 Å². The van der Waals surface area contributed by atoms with Crippen LogP contribution in [-0.4, -0.2) is 45.8 Å². The summed E-state index contributed by atoms with van der Waals surface area (Å²) in [6.07, 6.45) is 3.19. The van der Waals surface area contributed by atoms with Crippen molar-refractivity contribution in [3.63, 3.8) is 0 Å². The number of likely N-dealkylation sites (N-methyl/N-ethyl adjacent to an activating group) is 1. The highest BCUT2D eigenvalue weighted by Gasteiger charge is 2.18. The van der Waals surface area contributed by atoms with E-state index in [-0.39, 0.29) is 0 Å². The molecule has 0 unspecified atom stereocenters. The first-order chi connectivity index (χ1) is 9.13. The lowest BCUT2D eigenvalue weighted by Gasteiger charge is -2.12. The Labute approximate surface area is 113 Å². The molecule has 2 aromatic heterocycles. The maximum Gasteiger partial charge on any atom is 0.157 e. The second kappa shape index (κ2) is 4.90. The fraction of sp³-hybridized carbons (Fsp3) is 0.571. The van der Waals surface area contributed by atoms with E-state index in [2.05, 4.69) is 33.4 Å². The number of nitrogens with one attached hydrogen (secondary N) is 1. The molecule has 0 saturated carbocycles. The molecule has 1 aliphatic heterocycles. The van der Waals surface area contributed by atoms with Crippen LogP contribution in [0.5, 0.6) is 0 Å². The topological polar surface area (TPSA) is 46.0 Å². The number of nitrogens with zero attached hydrogens (tertiary/aromatic N) is 4. The zero-order chi connectivity index (χ0) is 13.4. The third-order valence-corrected chi connectivity index (χ3v) is 3.91. The van der Waals surface area contributed by atoms with Crippen molar-refractivity contribution in [3.8, 4) is 0 Å². The highest BCUT2D eigenvalue weighted by molar-refractivity contribution is 5.78. The minimum atomic E-state index is 0.607. The number of aromatic nitrogens is 3. The Hall–Kier alpha value is -1.46. The number of pyridine rings is 1. The van der Waals surface area contributed by atoms with Crippen molar-refractivity contribution in [1.29, 1.82) is 0 Å². The van der Waals surface area contributed by atoms with Gasteiger partial charge in [0.25, 0.3) is 0 Å². The third kappa shape index (κ3) is 2.48. The van der Waals surface area contributed by atoms with Gasteiger partial charge in [0.15, 0.2) is 5.65 Å². The van der Waals surface area contributed by atoms with Crippen LogP contribution in [0.15, 0.2) is 12.3 Å². The zero-order valence-electron chi connectivity index (χ0n) is 11.8. The summed E-state index contributed by atoms with van der Waals surface area (Å²) in [7, 11) is 4.11. The average Bonchev–Trinajstić information content (AvgIpc) is 2.92. The largest absolute Gasteiger partial charge is 0.309 e. The molecule has 0 aliphatic carbocycles. The second-order valence-electron chi connectivity index (χ2n) is 5.55. The first kappa shape index (κ1) is 12.6. The van der Waals surface area contributed by atoms with Crippen LogP contribution in [0.1, 0.15) is 17.7 Å². The van der Waals surface area contributed by atoms with Crippen LogP contribution in [0.4, 0.5) is 0 Å². The molecule has 0 spiro atoms. The van der Waals surface area contributed by atoms with Crippen LogP contribution in [0.25, 0.3) is 11.0 Å². The molecule has 1 fully saturated rings. The molecule has 0 aromatic carbocycles. The van der Waals surface area contributed by atoms with E-state index in [0.717, 1.165) is 29.8 Å². The predicted molar refractivity (Wildman–Crippen MR) is 76.0 cm³/mol. The fourth-order valence-corrected chi connectivity index (χ4v) is 2.81. The van der Waals surface area contributed by atoms with Crippen LogP contribution in [0, 0.1) is 6.92 Å². The molecule has 0 bridgehead atoms. The highest BCUT2D eigenvalue weighted by Crippen LogP contribution is 2.16. The second-order valence-corrected chi connectivity index (χ2v) is 5.55. The van der Waals surface area contributed by atoms with Gasteiger partial charge in [-0.2, -0.15) is 5.10 Å². The minimum Gasteiger partial charge on any atom is -0.309 e. The Morgan fingerprint density at radius 1 is 1.42 bits per heavy atom. The van der Waals surface area contributed by atoms with Crippen molar-refractivity contribution in [2.75, 3.05) is 20.1 Å². The molecule has 19 heavy (non-hydrogen) atoms. The number of fused-ring (bicyclic) bond motifs is 1. The van der Waals surface area contributed by atoms with Gasteiger partial charge < -0.3 is 10.2 Å². The smallest absolute Gasteiger partial charge is 0.157 e. The van der Waals surface area contributed by atoms with Crippen LogP contribution >= 0.6 is 0 Å². The van der Waals surface area contributed by atoms with Gasteiger partial charge in [-0.05, 0) is 38.6 Å². The Balaban J connectivity index is 1.73. The molecule has 0 amide bonds. The van der Waals surface area contributed by atoms with Gasteiger partial charge in [-0.1, -0.05) is 0 Å². The van der Waals surface area contributed by atoms with Gasteiger partial charge in [0.05, 0.1) is 5.69 Å². The summed E-state index contributed by atoms with van der Waals surface area (Å²) in [6.45, 7) is 5.25. The number of aryl methyl sites for hydroxylation is 2. The van der Waals surface area contributed by atoms with Crippen molar-refractivity contribution in [2.45, 2.75) is 25.9 Å². The molecular formula is C14H21N5. The summed E-state index contributed by atoms with van der Waals surface area (Å²) in [5.41, 5.74) is 3.24. The molecule has 1 aliphatic rings. The average molecular weight is 259 g/mol. The molecule has 1 atom stereocenters. The van der Waals surface area contributed by atoms with E-state index < -0.39 is 0 Å². The normalized spacial score (nSPS) is 20.5. The van der Waals surface area contributed by atoms with Crippen molar-refractivity contribution in [2.24, 2.45) is 7.05 Å². The summed E-state index contributed by atoms with van der Waals surface area (Å²) in [5, 5.41) is 9.17. The summed E-state index contributed by atoms with van der Waals surface area (Å²) in [6, 6.07) is 2.81.